The van der Waals surface area contributed by atoms with Gasteiger partial charge in [0.15, 0.2) is 0 Å². The Morgan fingerprint density at radius 2 is 1.40 bits per heavy atom. The number of piperidine rings is 1. The lowest BCUT2D eigenvalue weighted by Gasteiger charge is -2.34. The number of nitrogens with zero attached hydrogens (tertiary/aromatic N) is 3. The van der Waals surface area contributed by atoms with Crippen molar-refractivity contribution in [2.45, 2.75) is 43.2 Å². The highest BCUT2D eigenvalue weighted by Gasteiger charge is 2.34. The van der Waals surface area contributed by atoms with E-state index in [0.717, 1.165) is 25.1 Å². The van der Waals surface area contributed by atoms with E-state index in [1.54, 1.807) is 30.3 Å². The van der Waals surface area contributed by atoms with Crippen LogP contribution in [0.3, 0.4) is 0 Å². The Labute approximate surface area is 232 Å². The summed E-state index contributed by atoms with van der Waals surface area (Å²) in [6, 6.07) is 11.2. The van der Waals surface area contributed by atoms with Gasteiger partial charge in [-0.2, -0.15) is 17.5 Å². The molecule has 0 unspecified atom stereocenters. The van der Waals surface area contributed by atoms with E-state index in [9.17, 15) is 26.4 Å². The number of rotatable bonds is 8. The quantitative estimate of drug-likeness (QED) is 0.365. The molecule has 0 aliphatic carbocycles. The summed E-state index contributed by atoms with van der Waals surface area (Å²) in [6.07, 6.45) is 0.588. The van der Waals surface area contributed by atoms with Crippen LogP contribution >= 0.6 is 0 Å². The molecule has 0 spiro atoms. The summed E-state index contributed by atoms with van der Waals surface area (Å²) in [5.41, 5.74) is -0.892. The summed E-state index contributed by atoms with van der Waals surface area (Å²) in [7, 11) is -3.64. The monoisotopic (exact) mass is 577 g/mol. The molecular formula is C29H34F3N3O4S. The van der Waals surface area contributed by atoms with Gasteiger partial charge in [-0.05, 0) is 87.3 Å². The first-order valence-corrected chi connectivity index (χ1v) is 15.2. The van der Waals surface area contributed by atoms with Gasteiger partial charge < -0.3 is 14.2 Å². The van der Waals surface area contributed by atoms with E-state index in [1.165, 1.54) is 48.8 Å². The van der Waals surface area contributed by atoms with Crippen molar-refractivity contribution in [3.05, 3.63) is 75.6 Å². The lowest BCUT2D eigenvalue weighted by atomic mass is 10.0. The van der Waals surface area contributed by atoms with Gasteiger partial charge in [0.25, 0.3) is 0 Å². The van der Waals surface area contributed by atoms with Crippen molar-refractivity contribution >= 4 is 21.0 Å². The molecule has 2 aromatic carbocycles. The maximum atomic E-state index is 13.5. The molecule has 0 amide bonds. The van der Waals surface area contributed by atoms with Crippen LogP contribution in [0.25, 0.3) is 11.0 Å². The van der Waals surface area contributed by atoms with E-state index in [-0.39, 0.29) is 15.9 Å². The Morgan fingerprint density at radius 3 is 2.05 bits per heavy atom. The normalized spacial score (nSPS) is 18.4. The molecule has 3 aromatic rings. The fraction of sp³-hybridized carbons (Fsp3) is 0.483. The highest BCUT2D eigenvalue weighted by Crippen LogP contribution is 2.34. The number of hydrogen-bond acceptors (Lipinski definition) is 6. The standard InChI is InChI=1S/C29H34F3N3O4S/c30-29(31,32)26-21-28(36)39-27-10-7-23(20-25(26)27)19-22-5-8-24(9-6-22)40(37,38)35-17-15-34(16-18-35)14-4-13-33-11-2-1-3-12-33/h5-10,20-21H,1-4,11-19H2. The van der Waals surface area contributed by atoms with Gasteiger partial charge in [0.2, 0.25) is 10.0 Å². The third-order valence-electron chi connectivity index (χ3n) is 7.81. The molecule has 5 rings (SSSR count). The van der Waals surface area contributed by atoms with E-state index < -0.39 is 27.4 Å². The van der Waals surface area contributed by atoms with Crippen molar-refractivity contribution in [2.75, 3.05) is 52.4 Å². The van der Waals surface area contributed by atoms with Crippen molar-refractivity contribution in [2.24, 2.45) is 0 Å². The number of fused-ring (bicyclic) bond motifs is 1. The molecular weight excluding hydrogens is 543 g/mol. The Bertz CT molecular complexity index is 1480. The zero-order chi connectivity index (χ0) is 28.3. The second kappa shape index (κ2) is 12.0. The Kier molecular flexibility index (Phi) is 8.65. The number of alkyl halides is 3. The number of likely N-dealkylation sites (tertiary alicyclic amines) is 1. The molecule has 2 aliphatic heterocycles. The maximum Gasteiger partial charge on any atom is 0.417 e. The van der Waals surface area contributed by atoms with Crippen molar-refractivity contribution in [1.82, 2.24) is 14.1 Å². The zero-order valence-corrected chi connectivity index (χ0v) is 23.1. The summed E-state index contributed by atoms with van der Waals surface area (Å²) in [4.78, 5) is 16.6. The average Bonchev–Trinajstić information content (AvgIpc) is 2.93. The lowest BCUT2D eigenvalue weighted by molar-refractivity contribution is -0.136. The first-order chi connectivity index (χ1) is 19.1. The van der Waals surface area contributed by atoms with Crippen molar-refractivity contribution in [3.8, 4) is 0 Å². The molecule has 7 nitrogen and oxygen atoms in total. The lowest BCUT2D eigenvalue weighted by Crippen LogP contribution is -2.49. The zero-order valence-electron chi connectivity index (χ0n) is 22.3. The molecule has 1 aromatic heterocycles. The van der Waals surface area contributed by atoms with Gasteiger partial charge in [-0.1, -0.05) is 24.6 Å². The molecule has 0 radical (unpaired) electrons. The van der Waals surface area contributed by atoms with Gasteiger partial charge in [-0.15, -0.1) is 0 Å². The van der Waals surface area contributed by atoms with E-state index in [0.29, 0.717) is 44.2 Å². The van der Waals surface area contributed by atoms with Crippen molar-refractivity contribution in [1.29, 1.82) is 0 Å². The predicted molar refractivity (Wildman–Crippen MR) is 147 cm³/mol. The van der Waals surface area contributed by atoms with Gasteiger partial charge in [-0.3, -0.25) is 0 Å². The smallest absolute Gasteiger partial charge is 0.417 e. The molecule has 40 heavy (non-hydrogen) atoms. The molecule has 0 saturated carbocycles. The Morgan fingerprint density at radius 1 is 0.775 bits per heavy atom. The number of piperazine rings is 1. The predicted octanol–water partition coefficient (Wildman–Crippen LogP) is 4.58. The Balaban J connectivity index is 1.19. The average molecular weight is 578 g/mol. The van der Waals surface area contributed by atoms with Gasteiger partial charge in [-0.25, -0.2) is 13.2 Å². The first kappa shape index (κ1) is 28.8. The van der Waals surface area contributed by atoms with Crippen LogP contribution in [-0.4, -0.2) is 74.9 Å². The summed E-state index contributed by atoms with van der Waals surface area (Å²) in [5.74, 6) is 0. The Hall–Kier alpha value is -2.73. The highest BCUT2D eigenvalue weighted by atomic mass is 32.2. The number of hydrogen-bond donors (Lipinski definition) is 0. The van der Waals surface area contributed by atoms with Gasteiger partial charge >= 0.3 is 11.8 Å². The van der Waals surface area contributed by atoms with Crippen molar-refractivity contribution in [3.63, 3.8) is 0 Å². The van der Waals surface area contributed by atoms with Crippen molar-refractivity contribution < 1.29 is 26.0 Å². The third kappa shape index (κ3) is 6.76. The van der Waals surface area contributed by atoms with Crippen LogP contribution in [0.5, 0.6) is 0 Å². The maximum absolute atomic E-state index is 13.5. The van der Waals surface area contributed by atoms with Crippen LogP contribution in [0, 0.1) is 0 Å². The summed E-state index contributed by atoms with van der Waals surface area (Å²) >= 11 is 0. The molecule has 2 fully saturated rings. The summed E-state index contributed by atoms with van der Waals surface area (Å²) in [6.45, 7) is 6.76. The van der Waals surface area contributed by atoms with Crippen LogP contribution in [0.15, 0.2) is 62.6 Å². The highest BCUT2D eigenvalue weighted by molar-refractivity contribution is 7.89. The summed E-state index contributed by atoms with van der Waals surface area (Å²) in [5, 5.41) is -0.186. The number of benzene rings is 2. The largest absolute Gasteiger partial charge is 0.423 e. The molecule has 2 saturated heterocycles. The third-order valence-corrected chi connectivity index (χ3v) is 9.72. The topological polar surface area (TPSA) is 74.1 Å². The number of sulfonamides is 1. The van der Waals surface area contributed by atoms with Crippen LogP contribution < -0.4 is 5.63 Å². The second-order valence-electron chi connectivity index (χ2n) is 10.6. The molecule has 2 aliphatic rings. The van der Waals surface area contributed by atoms with E-state index in [2.05, 4.69) is 9.80 Å². The molecule has 3 heterocycles. The number of halogens is 3. The van der Waals surface area contributed by atoms with E-state index >= 15 is 0 Å². The van der Waals surface area contributed by atoms with Crippen LogP contribution in [0.4, 0.5) is 13.2 Å². The van der Waals surface area contributed by atoms with E-state index in [1.807, 2.05) is 0 Å². The fourth-order valence-electron chi connectivity index (χ4n) is 5.61. The summed E-state index contributed by atoms with van der Waals surface area (Å²) < 4.78 is 73.4. The van der Waals surface area contributed by atoms with Crippen LogP contribution in [0.2, 0.25) is 0 Å². The fourth-order valence-corrected chi connectivity index (χ4v) is 7.04. The van der Waals surface area contributed by atoms with Gasteiger partial charge in [0.05, 0.1) is 10.5 Å². The minimum Gasteiger partial charge on any atom is -0.423 e. The molecule has 216 valence electrons. The van der Waals surface area contributed by atoms with Gasteiger partial charge in [0.1, 0.15) is 5.58 Å². The van der Waals surface area contributed by atoms with Gasteiger partial charge in [0, 0.05) is 37.6 Å². The second-order valence-corrected chi connectivity index (χ2v) is 12.6. The SMILES string of the molecule is O=c1cc(C(F)(F)F)c2cc(Cc3ccc(S(=O)(=O)N4CCN(CCCN5CCCCC5)CC4)cc3)ccc2o1. The molecule has 0 bridgehead atoms. The first-order valence-electron chi connectivity index (χ1n) is 13.8. The minimum absolute atomic E-state index is 0.132. The van der Waals surface area contributed by atoms with Crippen LogP contribution in [-0.2, 0) is 22.6 Å². The van der Waals surface area contributed by atoms with E-state index in [4.69, 9.17) is 4.42 Å². The molecule has 0 N–H and O–H groups in total. The molecule has 0 atom stereocenters. The molecule has 11 heteroatoms. The minimum atomic E-state index is -4.69. The van der Waals surface area contributed by atoms with Crippen LogP contribution in [0.1, 0.15) is 42.4 Å².